The zero-order valence-electron chi connectivity index (χ0n) is 8.86. The van der Waals surface area contributed by atoms with E-state index in [1.54, 1.807) is 0 Å². The van der Waals surface area contributed by atoms with Gasteiger partial charge in [-0.2, -0.15) is 0 Å². The van der Waals surface area contributed by atoms with E-state index in [1.807, 2.05) is 16.7 Å². The minimum Gasteiger partial charge on any atom is -0.355 e. The number of rotatable bonds is 1. The standard InChI is InChI=1S/C10H16N2O2S/c1-7-12(4-5-15-7)10(14)8-2-3-9(13)11-6-8/h7-8H,2-6H2,1H3,(H,11,13). The van der Waals surface area contributed by atoms with Crippen molar-refractivity contribution in [1.82, 2.24) is 10.2 Å². The average Bonchev–Trinajstić information content (AvgIpc) is 2.65. The van der Waals surface area contributed by atoms with Crippen LogP contribution in [-0.2, 0) is 9.59 Å². The van der Waals surface area contributed by atoms with Crippen LogP contribution in [0.5, 0.6) is 0 Å². The number of hydrogen-bond donors (Lipinski definition) is 1. The van der Waals surface area contributed by atoms with Crippen molar-refractivity contribution in [3.8, 4) is 0 Å². The molecule has 0 spiro atoms. The largest absolute Gasteiger partial charge is 0.355 e. The number of hydrogen-bond acceptors (Lipinski definition) is 3. The molecule has 0 aromatic heterocycles. The van der Waals surface area contributed by atoms with Crippen molar-refractivity contribution in [3.05, 3.63) is 0 Å². The Morgan fingerprint density at radius 2 is 2.40 bits per heavy atom. The zero-order chi connectivity index (χ0) is 10.8. The first-order chi connectivity index (χ1) is 7.18. The van der Waals surface area contributed by atoms with Gasteiger partial charge in [0, 0.05) is 25.3 Å². The third-order valence-corrected chi connectivity index (χ3v) is 4.18. The lowest BCUT2D eigenvalue weighted by molar-refractivity contribution is -0.137. The Balaban J connectivity index is 1.93. The Kier molecular flexibility index (Phi) is 3.19. The number of nitrogens with one attached hydrogen (secondary N) is 1. The third-order valence-electron chi connectivity index (χ3n) is 3.03. The molecule has 2 heterocycles. The Labute approximate surface area is 93.8 Å². The molecule has 0 aliphatic carbocycles. The van der Waals surface area contributed by atoms with Crippen molar-refractivity contribution in [2.45, 2.75) is 25.1 Å². The van der Waals surface area contributed by atoms with Gasteiger partial charge < -0.3 is 10.2 Å². The minimum atomic E-state index is 0.00356. The van der Waals surface area contributed by atoms with Crippen LogP contribution in [0.1, 0.15) is 19.8 Å². The van der Waals surface area contributed by atoms with E-state index in [9.17, 15) is 9.59 Å². The van der Waals surface area contributed by atoms with Crippen molar-refractivity contribution >= 4 is 23.6 Å². The molecule has 2 aliphatic rings. The highest BCUT2D eigenvalue weighted by molar-refractivity contribution is 8.00. The van der Waals surface area contributed by atoms with Crippen LogP contribution in [0.2, 0.25) is 0 Å². The van der Waals surface area contributed by atoms with E-state index in [2.05, 4.69) is 12.2 Å². The van der Waals surface area contributed by atoms with Crippen molar-refractivity contribution in [3.63, 3.8) is 0 Å². The maximum Gasteiger partial charge on any atom is 0.228 e. The minimum absolute atomic E-state index is 0.00356. The third kappa shape index (κ3) is 2.27. The van der Waals surface area contributed by atoms with Crippen LogP contribution in [0.15, 0.2) is 0 Å². The second-order valence-corrected chi connectivity index (χ2v) is 5.47. The molecule has 2 amide bonds. The molecule has 2 rings (SSSR count). The van der Waals surface area contributed by atoms with Gasteiger partial charge in [-0.05, 0) is 13.3 Å². The van der Waals surface area contributed by atoms with Gasteiger partial charge in [0.15, 0.2) is 0 Å². The highest BCUT2D eigenvalue weighted by atomic mass is 32.2. The van der Waals surface area contributed by atoms with Gasteiger partial charge >= 0.3 is 0 Å². The van der Waals surface area contributed by atoms with Gasteiger partial charge in [-0.1, -0.05) is 0 Å². The fraction of sp³-hybridized carbons (Fsp3) is 0.800. The lowest BCUT2D eigenvalue weighted by Gasteiger charge is -2.28. The van der Waals surface area contributed by atoms with Gasteiger partial charge in [-0.3, -0.25) is 9.59 Å². The van der Waals surface area contributed by atoms with Crippen LogP contribution >= 0.6 is 11.8 Å². The predicted molar refractivity (Wildman–Crippen MR) is 59.4 cm³/mol. The van der Waals surface area contributed by atoms with Gasteiger partial charge in [0.2, 0.25) is 11.8 Å². The number of carbonyl (C=O) groups is 2. The molecular formula is C10H16N2O2S. The maximum atomic E-state index is 12.1. The number of piperidine rings is 1. The number of thioether (sulfide) groups is 1. The lowest BCUT2D eigenvalue weighted by atomic mass is 9.97. The molecule has 2 aliphatic heterocycles. The van der Waals surface area contributed by atoms with Crippen LogP contribution in [0.4, 0.5) is 0 Å². The Hall–Kier alpha value is -0.710. The highest BCUT2D eigenvalue weighted by Crippen LogP contribution is 2.26. The van der Waals surface area contributed by atoms with Gasteiger partial charge in [-0.25, -0.2) is 0 Å². The summed E-state index contributed by atoms with van der Waals surface area (Å²) >= 11 is 1.82. The summed E-state index contributed by atoms with van der Waals surface area (Å²) in [7, 11) is 0. The van der Waals surface area contributed by atoms with E-state index >= 15 is 0 Å². The summed E-state index contributed by atoms with van der Waals surface area (Å²) in [5, 5.41) is 3.06. The molecule has 5 heteroatoms. The Bertz CT molecular complexity index is 273. The predicted octanol–water partition coefficient (Wildman–Crippen LogP) is 0.434. The van der Waals surface area contributed by atoms with Crippen molar-refractivity contribution in [2.75, 3.05) is 18.8 Å². The first-order valence-corrected chi connectivity index (χ1v) is 6.42. The molecule has 2 atom stereocenters. The van der Waals surface area contributed by atoms with Crippen molar-refractivity contribution in [1.29, 1.82) is 0 Å². The van der Waals surface area contributed by atoms with Crippen LogP contribution in [0.25, 0.3) is 0 Å². The second kappa shape index (κ2) is 4.43. The van der Waals surface area contributed by atoms with E-state index in [-0.39, 0.29) is 17.7 Å². The maximum absolute atomic E-state index is 12.1. The van der Waals surface area contributed by atoms with Gasteiger partial charge in [0.05, 0.1) is 11.3 Å². The van der Waals surface area contributed by atoms with Crippen molar-refractivity contribution < 1.29 is 9.59 Å². The Morgan fingerprint density at radius 1 is 1.60 bits per heavy atom. The van der Waals surface area contributed by atoms with E-state index in [0.717, 1.165) is 12.3 Å². The topological polar surface area (TPSA) is 49.4 Å². The molecule has 15 heavy (non-hydrogen) atoms. The second-order valence-electron chi connectivity index (χ2n) is 4.04. The first kappa shape index (κ1) is 10.8. The summed E-state index contributed by atoms with van der Waals surface area (Å²) < 4.78 is 0. The van der Waals surface area contributed by atoms with Crippen LogP contribution in [0.3, 0.4) is 0 Å². The van der Waals surface area contributed by atoms with E-state index in [1.165, 1.54) is 0 Å². The summed E-state index contributed by atoms with van der Waals surface area (Å²) in [5.41, 5.74) is 0. The molecule has 0 aromatic carbocycles. The van der Waals surface area contributed by atoms with Crippen molar-refractivity contribution in [2.24, 2.45) is 5.92 Å². The molecule has 1 N–H and O–H groups in total. The monoisotopic (exact) mass is 228 g/mol. The van der Waals surface area contributed by atoms with Crippen LogP contribution in [-0.4, -0.2) is 40.9 Å². The molecule has 4 nitrogen and oxygen atoms in total. The molecule has 2 unspecified atom stereocenters. The first-order valence-electron chi connectivity index (χ1n) is 5.37. The normalized spacial score (nSPS) is 31.5. The molecule has 84 valence electrons. The molecular weight excluding hydrogens is 212 g/mol. The van der Waals surface area contributed by atoms with E-state index < -0.39 is 0 Å². The SMILES string of the molecule is CC1SCCN1C(=O)C1CCC(=O)NC1. The summed E-state index contributed by atoms with van der Waals surface area (Å²) in [6, 6.07) is 0. The van der Waals surface area contributed by atoms with Crippen LogP contribution < -0.4 is 5.32 Å². The summed E-state index contributed by atoms with van der Waals surface area (Å²) in [4.78, 5) is 25.0. The highest BCUT2D eigenvalue weighted by Gasteiger charge is 2.32. The smallest absolute Gasteiger partial charge is 0.228 e. The van der Waals surface area contributed by atoms with Gasteiger partial charge in [-0.15, -0.1) is 11.8 Å². The molecule has 0 bridgehead atoms. The number of nitrogens with zero attached hydrogens (tertiary/aromatic N) is 1. The average molecular weight is 228 g/mol. The molecule has 2 saturated heterocycles. The quantitative estimate of drug-likeness (QED) is 0.708. The van der Waals surface area contributed by atoms with Crippen LogP contribution in [0, 0.1) is 5.92 Å². The summed E-state index contributed by atoms with van der Waals surface area (Å²) in [6.45, 7) is 3.44. The Morgan fingerprint density at radius 3 is 2.93 bits per heavy atom. The molecule has 0 saturated carbocycles. The zero-order valence-corrected chi connectivity index (χ0v) is 9.68. The molecule has 0 aromatic rings. The number of carbonyl (C=O) groups excluding carboxylic acids is 2. The van der Waals surface area contributed by atoms with E-state index in [4.69, 9.17) is 0 Å². The van der Waals surface area contributed by atoms with E-state index in [0.29, 0.717) is 24.8 Å². The van der Waals surface area contributed by atoms with Gasteiger partial charge in [0.1, 0.15) is 0 Å². The molecule has 0 radical (unpaired) electrons. The fourth-order valence-electron chi connectivity index (χ4n) is 2.06. The fourth-order valence-corrected chi connectivity index (χ4v) is 3.09. The number of amides is 2. The lowest BCUT2D eigenvalue weighted by Crippen LogP contribution is -2.45. The van der Waals surface area contributed by atoms with Gasteiger partial charge in [0.25, 0.3) is 0 Å². The summed E-state index contributed by atoms with van der Waals surface area (Å²) in [6.07, 6.45) is 1.20. The summed E-state index contributed by atoms with van der Waals surface area (Å²) in [5.74, 6) is 1.32. The molecule has 2 fully saturated rings.